The summed E-state index contributed by atoms with van der Waals surface area (Å²) in [5.74, 6) is 7.65. The smallest absolute Gasteiger partial charge is 0.0967 e. The van der Waals surface area contributed by atoms with Gasteiger partial charge in [-0.3, -0.25) is 0 Å². The molecule has 0 aromatic heterocycles. The molecule has 0 saturated heterocycles. The van der Waals surface area contributed by atoms with Crippen LogP contribution in [0.2, 0.25) is 0 Å². The van der Waals surface area contributed by atoms with E-state index in [1.807, 2.05) is 0 Å². The molecule has 2 spiro atoms. The molecular weight excluding hydrogens is 715 g/mol. The number of hydrogen-bond acceptors (Lipinski definition) is 0. The summed E-state index contributed by atoms with van der Waals surface area (Å²) in [6.07, 6.45) is 14.8. The van der Waals surface area contributed by atoms with Crippen molar-refractivity contribution in [3.63, 3.8) is 0 Å². The van der Waals surface area contributed by atoms with Crippen molar-refractivity contribution in [2.75, 3.05) is 5.34 Å². The molecule has 0 nitrogen and oxygen atoms in total. The average Bonchev–Trinajstić information content (AvgIpc) is 3.55. The fourth-order valence-electron chi connectivity index (χ4n) is 14.2. The third kappa shape index (κ3) is 4.74. The summed E-state index contributed by atoms with van der Waals surface area (Å²) in [4.78, 5) is 0. The van der Waals surface area contributed by atoms with E-state index in [2.05, 4.69) is 107 Å². The lowest BCUT2D eigenvalue weighted by Gasteiger charge is -2.61. The Labute approximate surface area is 319 Å². The van der Waals surface area contributed by atoms with E-state index in [0.29, 0.717) is 10.8 Å². The summed E-state index contributed by atoms with van der Waals surface area (Å²) < 4.78 is 1.25. The van der Waals surface area contributed by atoms with Crippen LogP contribution in [0.5, 0.6) is 0 Å². The zero-order valence-electron chi connectivity index (χ0n) is 27.7. The Kier molecular flexibility index (Phi) is 9.17. The summed E-state index contributed by atoms with van der Waals surface area (Å²) in [6, 6.07) is 35.0. The number of fused-ring (bicyclic) bond motifs is 6. The molecule has 50 heavy (non-hydrogen) atoms. The maximum atomic E-state index is 4.76. The van der Waals surface area contributed by atoms with Gasteiger partial charge in [-0.25, -0.2) is 0 Å². The van der Waals surface area contributed by atoms with Crippen molar-refractivity contribution in [3.05, 3.63) is 118 Å². The van der Waals surface area contributed by atoms with Gasteiger partial charge in [0.1, 0.15) is 0 Å². The summed E-state index contributed by atoms with van der Waals surface area (Å²) in [5, 5.41) is 0.194. The molecule has 8 bridgehead atoms. The van der Waals surface area contributed by atoms with E-state index in [-0.39, 0.29) is 20.2 Å². The van der Waals surface area contributed by atoms with Crippen LogP contribution in [0.1, 0.15) is 101 Å². The van der Waals surface area contributed by atoms with E-state index < -0.39 is 0 Å². The van der Waals surface area contributed by atoms with Gasteiger partial charge < -0.3 is 0 Å². The summed E-state index contributed by atoms with van der Waals surface area (Å²) in [6.45, 7) is 0. The Balaban J connectivity index is 0.000000129. The fourth-order valence-corrected chi connectivity index (χ4v) is 14.6. The van der Waals surface area contributed by atoms with Gasteiger partial charge in [0.05, 0.1) is 5.34 Å². The van der Waals surface area contributed by atoms with Crippen LogP contribution >= 0.6 is 39.1 Å². The van der Waals surface area contributed by atoms with Gasteiger partial charge in [0.25, 0.3) is 0 Å². The Morgan fingerprint density at radius 1 is 0.440 bits per heavy atom. The van der Waals surface area contributed by atoms with Crippen LogP contribution < -0.4 is 0 Å². The Morgan fingerprint density at radius 3 is 1.10 bits per heavy atom. The lowest BCUT2D eigenvalue weighted by atomic mass is 9.43. The first-order valence-corrected chi connectivity index (χ1v) is 20.6. The summed E-state index contributed by atoms with van der Waals surface area (Å²) in [7, 11) is 0. The number of rotatable bonds is 0. The molecule has 4 aromatic carbocycles. The largest absolute Gasteiger partial charge is 0.109 e. The predicted molar refractivity (Wildman–Crippen MR) is 217 cm³/mol. The van der Waals surface area contributed by atoms with Crippen molar-refractivity contribution in [1.82, 2.24) is 0 Å². The van der Waals surface area contributed by atoms with E-state index in [1.54, 1.807) is 22.3 Å². The van der Waals surface area contributed by atoms with Crippen molar-refractivity contribution < 1.29 is 0 Å². The van der Waals surface area contributed by atoms with E-state index >= 15 is 0 Å². The van der Waals surface area contributed by atoms with Crippen LogP contribution in [0.4, 0.5) is 0 Å². The monoisotopic (exact) mass is 766 g/mol. The van der Waals surface area contributed by atoms with Gasteiger partial charge in [-0.05, 0) is 168 Å². The van der Waals surface area contributed by atoms with Crippen LogP contribution in [-0.4, -0.2) is 5.34 Å². The normalized spacial score (nSPS) is 33.9. The summed E-state index contributed by atoms with van der Waals surface area (Å²) >= 11 is 13.3. The highest BCUT2D eigenvalue weighted by Gasteiger charge is 2.62. The second-order valence-corrected chi connectivity index (χ2v) is 18.5. The minimum atomic E-state index is 0. The van der Waals surface area contributed by atoms with Crippen LogP contribution in [-0.2, 0) is 10.8 Å². The first-order valence-electron chi connectivity index (χ1n) is 18.8. The van der Waals surface area contributed by atoms with Gasteiger partial charge in [-0.1, -0.05) is 110 Å². The van der Waals surface area contributed by atoms with Gasteiger partial charge in [0.15, 0.2) is 0 Å². The van der Waals surface area contributed by atoms with Crippen LogP contribution in [0.25, 0.3) is 22.3 Å². The number of hydrogen-bond donors (Lipinski definition) is 0. The van der Waals surface area contributed by atoms with E-state index in [1.165, 1.54) is 90.9 Å². The lowest BCUT2D eigenvalue weighted by Crippen LogP contribution is -2.55. The van der Waals surface area contributed by atoms with Crippen molar-refractivity contribution in [2.24, 2.45) is 47.3 Å². The second kappa shape index (κ2) is 13.1. The first kappa shape index (κ1) is 35.0. The van der Waals surface area contributed by atoms with Gasteiger partial charge in [-0.15, -0.1) is 23.2 Å². The topological polar surface area (TPSA) is 0 Å². The minimum Gasteiger partial charge on any atom is -0.109 e. The van der Waals surface area contributed by atoms with Gasteiger partial charge in [0, 0.05) is 15.3 Å². The molecule has 0 atom stereocenters. The highest BCUT2D eigenvalue weighted by atomic mass is 79.9. The molecular formula is C47H53BrCl2. The second-order valence-electron chi connectivity index (χ2n) is 16.8. The summed E-state index contributed by atoms with van der Waals surface area (Å²) in [5.41, 5.74) is 13.4. The van der Waals surface area contributed by atoms with Crippen LogP contribution in [0.15, 0.2) is 95.5 Å². The zero-order valence-corrected chi connectivity index (χ0v) is 30.8. The molecule has 3 heteroatoms. The highest BCUT2D eigenvalue weighted by Crippen LogP contribution is 2.70. The molecule has 262 valence electrons. The molecule has 8 saturated carbocycles. The zero-order chi connectivity index (χ0) is 32.2. The molecule has 8 fully saturated rings. The maximum Gasteiger partial charge on any atom is 0.0967 e. The average molecular weight is 769 g/mol. The molecule has 0 radical (unpaired) electrons. The highest BCUT2D eigenvalue weighted by molar-refractivity contribution is 9.10. The molecule has 10 aliphatic rings. The molecule has 14 rings (SSSR count). The van der Waals surface area contributed by atoms with Gasteiger partial charge >= 0.3 is 0 Å². The van der Waals surface area contributed by atoms with Crippen LogP contribution in [0, 0.1) is 47.3 Å². The molecule has 0 aliphatic heterocycles. The number of alkyl halides is 2. The number of halogens is 3. The van der Waals surface area contributed by atoms with E-state index in [0.717, 1.165) is 47.3 Å². The third-order valence-corrected chi connectivity index (χ3v) is 15.5. The Hall–Kier alpha value is -2.06. The Morgan fingerprint density at radius 2 is 0.740 bits per heavy atom. The predicted octanol–water partition coefficient (Wildman–Crippen LogP) is 14.3. The lowest BCUT2D eigenvalue weighted by molar-refractivity contribution is -0.0399. The quantitative estimate of drug-likeness (QED) is 0.156. The Bertz CT molecular complexity index is 1790. The standard InChI is InChI=1S/C22H21Br.C22H22.CH2Cl2.2CH4/c23-17-5-6-19-18-3-1-2-4-20(18)22(21(19)12-17)15-8-13-7-14(10-15)11-16(22)9-13;1-3-7-20-18(5-1)19-6-2-4-8-21(19)22(20)16-10-14-9-15(12-16)13-17(22)11-14;2-1-3;;/h1-6,12-16H,7-11H2;1-8,14-17H,9-13H2;1H2;2*1H4. The fraction of sp³-hybridized carbons (Fsp3) is 0.489. The van der Waals surface area contributed by atoms with Gasteiger partial charge in [0.2, 0.25) is 0 Å². The van der Waals surface area contributed by atoms with Crippen LogP contribution in [0.3, 0.4) is 0 Å². The van der Waals surface area contributed by atoms with Gasteiger partial charge in [-0.2, -0.15) is 0 Å². The third-order valence-electron chi connectivity index (χ3n) is 15.0. The van der Waals surface area contributed by atoms with Crippen molar-refractivity contribution in [3.8, 4) is 22.3 Å². The SMILES string of the molecule is Brc1ccc2c(c1)C1(c3ccccc3-2)C2CC3CC(C2)CC1C3.C.C.ClCCl.c1ccc2c(c1)-c1ccccc1C21C2CC3CC(C2)CC1C3. The van der Waals surface area contributed by atoms with Crippen molar-refractivity contribution in [2.45, 2.75) is 89.9 Å². The maximum absolute atomic E-state index is 4.76. The minimum absolute atomic E-state index is 0. The van der Waals surface area contributed by atoms with E-state index in [4.69, 9.17) is 23.2 Å². The van der Waals surface area contributed by atoms with Crippen molar-refractivity contribution in [1.29, 1.82) is 0 Å². The molecule has 4 aromatic rings. The molecule has 0 amide bonds. The molecule has 0 N–H and O–H groups in total. The van der Waals surface area contributed by atoms with E-state index in [9.17, 15) is 0 Å². The molecule has 10 aliphatic carbocycles. The first-order chi connectivity index (χ1) is 23.5. The molecule has 0 unspecified atom stereocenters. The number of benzene rings is 4. The molecule has 0 heterocycles. The van der Waals surface area contributed by atoms with Crippen molar-refractivity contribution >= 4 is 39.1 Å².